The van der Waals surface area contributed by atoms with Crippen molar-refractivity contribution in [3.63, 3.8) is 0 Å². The van der Waals surface area contributed by atoms with Gasteiger partial charge in [0.25, 0.3) is 0 Å². The SMILES string of the molecule is NC(NC(NCc1ccccc1)c1cccc2c1oc1c(-c3cccc4c3sc3c(-c5ccc6oc7ccccc7c6c5)cccc34)cccc12)c1ccccc1. The zero-order valence-corrected chi connectivity index (χ0v) is 31.7. The Bertz CT molecular complexity index is 3250. The van der Waals surface area contributed by atoms with Gasteiger partial charge in [0.15, 0.2) is 0 Å². The molecule has 2 atom stereocenters. The molecular weight excluding hydrogens is 719 g/mol. The van der Waals surface area contributed by atoms with Crippen molar-refractivity contribution < 1.29 is 8.83 Å². The molecule has 0 saturated heterocycles. The Morgan fingerprint density at radius 1 is 0.491 bits per heavy atom. The Balaban J connectivity index is 1.04. The molecule has 11 aromatic rings. The van der Waals surface area contributed by atoms with Crippen LogP contribution in [-0.4, -0.2) is 0 Å². The summed E-state index contributed by atoms with van der Waals surface area (Å²) in [6.07, 6.45) is -0.692. The molecule has 3 aromatic heterocycles. The molecule has 0 aliphatic rings. The van der Waals surface area contributed by atoms with E-state index in [9.17, 15) is 0 Å². The number of para-hydroxylation sites is 3. The zero-order chi connectivity index (χ0) is 37.9. The molecule has 3 heterocycles. The van der Waals surface area contributed by atoms with Crippen LogP contribution in [0.5, 0.6) is 0 Å². The van der Waals surface area contributed by atoms with Gasteiger partial charge in [-0.25, -0.2) is 0 Å². The first-order valence-electron chi connectivity index (χ1n) is 19.3. The number of furan rings is 2. The van der Waals surface area contributed by atoms with Gasteiger partial charge in [-0.3, -0.25) is 10.6 Å². The topological polar surface area (TPSA) is 76.4 Å². The van der Waals surface area contributed by atoms with Gasteiger partial charge in [0.2, 0.25) is 0 Å². The summed E-state index contributed by atoms with van der Waals surface area (Å²) in [7, 11) is 0. The molecule has 0 bridgehead atoms. The van der Waals surface area contributed by atoms with Crippen LogP contribution >= 0.6 is 11.3 Å². The smallest absolute Gasteiger partial charge is 0.143 e. The minimum absolute atomic E-state index is 0.295. The van der Waals surface area contributed by atoms with Crippen molar-refractivity contribution in [3.8, 4) is 22.3 Å². The van der Waals surface area contributed by atoms with E-state index >= 15 is 0 Å². The average Bonchev–Trinajstić information content (AvgIpc) is 3.97. The third kappa shape index (κ3) is 5.81. The van der Waals surface area contributed by atoms with Gasteiger partial charge in [-0.05, 0) is 40.5 Å². The summed E-state index contributed by atoms with van der Waals surface area (Å²) in [5.74, 6) is 0. The number of hydrogen-bond acceptors (Lipinski definition) is 6. The van der Waals surface area contributed by atoms with E-state index in [0.717, 1.165) is 66.1 Å². The van der Waals surface area contributed by atoms with Crippen molar-refractivity contribution >= 4 is 75.4 Å². The second-order valence-electron chi connectivity index (χ2n) is 14.6. The van der Waals surface area contributed by atoms with Crippen LogP contribution in [0.25, 0.3) is 86.3 Å². The van der Waals surface area contributed by atoms with E-state index in [1.54, 1.807) is 0 Å². The van der Waals surface area contributed by atoms with E-state index in [1.807, 2.05) is 47.7 Å². The second-order valence-corrected chi connectivity index (χ2v) is 15.7. The highest BCUT2D eigenvalue weighted by atomic mass is 32.1. The van der Waals surface area contributed by atoms with Crippen LogP contribution in [0.4, 0.5) is 0 Å². The Morgan fingerprint density at radius 2 is 1.11 bits per heavy atom. The van der Waals surface area contributed by atoms with Crippen molar-refractivity contribution in [2.24, 2.45) is 5.73 Å². The maximum absolute atomic E-state index is 7.05. The molecule has 5 nitrogen and oxygen atoms in total. The average molecular weight is 756 g/mol. The quantitative estimate of drug-likeness (QED) is 0.128. The number of fused-ring (bicyclic) bond motifs is 9. The van der Waals surface area contributed by atoms with Crippen LogP contribution in [0.1, 0.15) is 29.0 Å². The number of nitrogens with one attached hydrogen (secondary N) is 2. The number of benzene rings is 8. The third-order valence-corrected chi connectivity index (χ3v) is 12.5. The van der Waals surface area contributed by atoms with Crippen molar-refractivity contribution in [1.82, 2.24) is 10.6 Å². The van der Waals surface area contributed by atoms with Crippen LogP contribution < -0.4 is 16.4 Å². The molecule has 2 unspecified atom stereocenters. The van der Waals surface area contributed by atoms with Crippen molar-refractivity contribution in [2.75, 3.05) is 0 Å². The van der Waals surface area contributed by atoms with Crippen molar-refractivity contribution in [1.29, 1.82) is 0 Å². The highest BCUT2D eigenvalue weighted by molar-refractivity contribution is 7.26. The predicted octanol–water partition coefficient (Wildman–Crippen LogP) is 13.2. The van der Waals surface area contributed by atoms with E-state index in [1.165, 1.54) is 36.9 Å². The molecule has 6 heteroatoms. The fourth-order valence-corrected chi connectivity index (χ4v) is 9.81. The molecule has 11 rings (SSSR count). The lowest BCUT2D eigenvalue weighted by Gasteiger charge is -2.25. The van der Waals surface area contributed by atoms with E-state index in [2.05, 4.69) is 150 Å². The highest BCUT2D eigenvalue weighted by Crippen LogP contribution is 2.47. The zero-order valence-electron chi connectivity index (χ0n) is 30.9. The minimum atomic E-state index is -0.397. The van der Waals surface area contributed by atoms with Gasteiger partial charge in [-0.2, -0.15) is 0 Å². The Labute approximate surface area is 333 Å². The monoisotopic (exact) mass is 755 g/mol. The van der Waals surface area contributed by atoms with E-state index in [4.69, 9.17) is 14.6 Å². The summed E-state index contributed by atoms with van der Waals surface area (Å²) in [6, 6.07) is 61.6. The predicted molar refractivity (Wildman–Crippen MR) is 237 cm³/mol. The largest absolute Gasteiger partial charge is 0.456 e. The molecule has 8 aromatic carbocycles. The maximum atomic E-state index is 7.05. The van der Waals surface area contributed by atoms with Crippen LogP contribution in [0.2, 0.25) is 0 Å². The normalized spacial score (nSPS) is 13.1. The van der Waals surface area contributed by atoms with Crippen molar-refractivity contribution in [3.05, 3.63) is 193 Å². The summed E-state index contributed by atoms with van der Waals surface area (Å²) >= 11 is 1.85. The molecule has 0 saturated carbocycles. The van der Waals surface area contributed by atoms with Crippen LogP contribution in [0, 0.1) is 0 Å². The molecule has 0 spiro atoms. The van der Waals surface area contributed by atoms with Gasteiger partial charge in [-0.15, -0.1) is 11.3 Å². The fourth-order valence-electron chi connectivity index (χ4n) is 8.45. The van der Waals surface area contributed by atoms with Gasteiger partial charge in [0.05, 0.1) is 12.3 Å². The maximum Gasteiger partial charge on any atom is 0.143 e. The van der Waals surface area contributed by atoms with Crippen LogP contribution in [-0.2, 0) is 6.54 Å². The van der Waals surface area contributed by atoms with E-state index < -0.39 is 6.17 Å². The lowest BCUT2D eigenvalue weighted by atomic mass is 9.98. The molecule has 274 valence electrons. The number of hydrogen-bond donors (Lipinski definition) is 3. The first kappa shape index (κ1) is 33.8. The van der Waals surface area contributed by atoms with Gasteiger partial charge < -0.3 is 14.6 Å². The van der Waals surface area contributed by atoms with Crippen LogP contribution in [0.3, 0.4) is 0 Å². The standard InChI is InChI=1S/C51H37N3O2S/c52-50(32-15-5-2-6-16-32)54-51(53-30-31-13-3-1-4-14-31)42-25-11-20-37-36-19-10-21-38(46(36)56-47(37)42)39-22-12-24-41-40-23-9-18-34(48(40)57-49(39)41)33-27-28-45-43(29-33)35-17-7-8-26-44(35)55-45/h1-29,50-51,53-54H,30,52H2. The van der Waals surface area contributed by atoms with Gasteiger partial charge in [-0.1, -0.05) is 158 Å². The third-order valence-electron chi connectivity index (χ3n) is 11.2. The summed E-state index contributed by atoms with van der Waals surface area (Å²) in [4.78, 5) is 0. The fraction of sp³-hybridized carbons (Fsp3) is 0.0588. The molecule has 0 radical (unpaired) electrons. The molecule has 57 heavy (non-hydrogen) atoms. The molecule has 0 fully saturated rings. The lowest BCUT2D eigenvalue weighted by molar-refractivity contribution is 0.385. The van der Waals surface area contributed by atoms with Crippen molar-refractivity contribution in [2.45, 2.75) is 18.9 Å². The van der Waals surface area contributed by atoms with Gasteiger partial charge in [0, 0.05) is 65.0 Å². The summed E-state index contributed by atoms with van der Waals surface area (Å²) in [5.41, 5.74) is 18.2. The first-order chi connectivity index (χ1) is 28.2. The molecule has 0 aliphatic heterocycles. The molecular formula is C51H37N3O2S. The van der Waals surface area contributed by atoms with E-state index in [-0.39, 0.29) is 6.17 Å². The van der Waals surface area contributed by atoms with Crippen LogP contribution in [0.15, 0.2) is 185 Å². The Kier molecular flexibility index (Phi) is 8.23. The van der Waals surface area contributed by atoms with Gasteiger partial charge >= 0.3 is 0 Å². The second kappa shape index (κ2) is 13.9. The lowest BCUT2D eigenvalue weighted by Crippen LogP contribution is -2.39. The van der Waals surface area contributed by atoms with E-state index in [0.29, 0.717) is 6.54 Å². The molecule has 0 amide bonds. The van der Waals surface area contributed by atoms with Gasteiger partial charge in [0.1, 0.15) is 22.3 Å². The Morgan fingerprint density at radius 3 is 1.91 bits per heavy atom. The minimum Gasteiger partial charge on any atom is -0.456 e. The molecule has 4 N–H and O–H groups in total. The number of rotatable bonds is 9. The first-order valence-corrected chi connectivity index (χ1v) is 20.1. The summed E-state index contributed by atoms with van der Waals surface area (Å²) < 4.78 is 15.7. The number of thiophene rings is 1. The Hall–Kier alpha value is -6.54. The summed E-state index contributed by atoms with van der Waals surface area (Å²) in [5, 5.41) is 14.3. The summed E-state index contributed by atoms with van der Waals surface area (Å²) in [6.45, 7) is 0.657. The number of nitrogens with two attached hydrogens (primary N) is 1. The highest BCUT2D eigenvalue weighted by Gasteiger charge is 2.23. The molecule has 0 aliphatic carbocycles.